The molecule has 3 saturated carbocycles. The molecule has 0 aliphatic heterocycles. The highest BCUT2D eigenvalue weighted by atomic mass is 16.3. The third-order valence-electron chi connectivity index (χ3n) is 6.28. The minimum absolute atomic E-state index is 0.116. The van der Waals surface area contributed by atoms with Crippen LogP contribution in [-0.4, -0.2) is 16.5 Å². The summed E-state index contributed by atoms with van der Waals surface area (Å²) in [5.74, 6) is 0.919. The Balaban J connectivity index is 2.21. The molecule has 3 aliphatic rings. The lowest BCUT2D eigenvalue weighted by atomic mass is 9.63. The first-order valence-electron chi connectivity index (χ1n) is 6.11. The third-order valence-corrected chi connectivity index (χ3v) is 6.28. The molecule has 3 fully saturated rings. The van der Waals surface area contributed by atoms with Crippen molar-refractivity contribution in [3.8, 4) is 0 Å². The zero-order chi connectivity index (χ0) is 11.1. The van der Waals surface area contributed by atoms with Crippen molar-refractivity contribution in [2.75, 3.05) is 0 Å². The van der Waals surface area contributed by atoms with Crippen molar-refractivity contribution < 1.29 is 9.90 Å². The fraction of sp³-hybridized carbons (Fsp3) is 0.923. The molecular weight excluding hydrogens is 188 g/mol. The predicted octanol–water partition coefficient (Wildman–Crippen LogP) is 2.15. The average Bonchev–Trinajstić information content (AvgIpc) is 2.61. The summed E-state index contributed by atoms with van der Waals surface area (Å²) < 4.78 is 0. The van der Waals surface area contributed by atoms with Gasteiger partial charge in [-0.2, -0.15) is 0 Å². The highest BCUT2D eigenvalue weighted by Crippen LogP contribution is 2.74. The van der Waals surface area contributed by atoms with Gasteiger partial charge in [-0.15, -0.1) is 0 Å². The SMILES string of the molecule is CC1(C)[C@@H]2CC[C@@]1(C)[C@@]1(O)C(=O)CC[C@@H]21. The number of aliphatic hydroxyl groups is 1. The second-order valence-corrected chi connectivity index (χ2v) is 6.53. The van der Waals surface area contributed by atoms with Crippen LogP contribution in [0.1, 0.15) is 46.5 Å². The van der Waals surface area contributed by atoms with Gasteiger partial charge in [0.25, 0.3) is 0 Å². The van der Waals surface area contributed by atoms with Gasteiger partial charge in [-0.05, 0) is 36.5 Å². The molecule has 0 heterocycles. The molecule has 3 aliphatic carbocycles. The molecule has 2 heteroatoms. The van der Waals surface area contributed by atoms with Crippen LogP contribution in [0.25, 0.3) is 0 Å². The smallest absolute Gasteiger partial charge is 0.165 e. The highest BCUT2D eigenvalue weighted by molar-refractivity contribution is 5.91. The Morgan fingerprint density at radius 1 is 1.20 bits per heavy atom. The van der Waals surface area contributed by atoms with E-state index in [9.17, 15) is 9.90 Å². The fourth-order valence-corrected chi connectivity index (χ4v) is 5.02. The maximum atomic E-state index is 12.0. The van der Waals surface area contributed by atoms with Crippen LogP contribution in [0, 0.1) is 22.7 Å². The van der Waals surface area contributed by atoms with Crippen LogP contribution in [0.2, 0.25) is 0 Å². The van der Waals surface area contributed by atoms with Crippen LogP contribution in [0.15, 0.2) is 0 Å². The van der Waals surface area contributed by atoms with Gasteiger partial charge in [0.2, 0.25) is 0 Å². The number of fused-ring (bicyclic) bond motifs is 5. The lowest BCUT2D eigenvalue weighted by Gasteiger charge is -2.44. The van der Waals surface area contributed by atoms with Gasteiger partial charge in [0.15, 0.2) is 5.78 Å². The van der Waals surface area contributed by atoms with E-state index in [2.05, 4.69) is 20.8 Å². The van der Waals surface area contributed by atoms with Gasteiger partial charge in [0, 0.05) is 11.8 Å². The van der Waals surface area contributed by atoms with Gasteiger partial charge in [0.1, 0.15) is 5.60 Å². The van der Waals surface area contributed by atoms with Crippen molar-refractivity contribution in [1.82, 2.24) is 0 Å². The summed E-state index contributed by atoms with van der Waals surface area (Å²) in [4.78, 5) is 12.0. The van der Waals surface area contributed by atoms with Gasteiger partial charge >= 0.3 is 0 Å². The molecule has 0 saturated heterocycles. The Morgan fingerprint density at radius 3 is 2.47 bits per heavy atom. The summed E-state index contributed by atoms with van der Waals surface area (Å²) in [6.07, 6.45) is 3.73. The topological polar surface area (TPSA) is 37.3 Å². The molecule has 84 valence electrons. The van der Waals surface area contributed by atoms with Gasteiger partial charge < -0.3 is 5.11 Å². The molecule has 0 amide bonds. The third kappa shape index (κ3) is 0.719. The van der Waals surface area contributed by atoms with Crippen molar-refractivity contribution in [3.63, 3.8) is 0 Å². The second kappa shape index (κ2) is 2.32. The zero-order valence-corrected chi connectivity index (χ0v) is 9.84. The fourth-order valence-electron chi connectivity index (χ4n) is 5.02. The quantitative estimate of drug-likeness (QED) is 0.662. The Labute approximate surface area is 91.1 Å². The van der Waals surface area contributed by atoms with Crippen LogP contribution in [0.5, 0.6) is 0 Å². The molecule has 0 radical (unpaired) electrons. The predicted molar refractivity (Wildman–Crippen MR) is 57.3 cm³/mol. The summed E-state index contributed by atoms with van der Waals surface area (Å²) in [6, 6.07) is 0. The Morgan fingerprint density at radius 2 is 1.87 bits per heavy atom. The number of rotatable bonds is 0. The van der Waals surface area contributed by atoms with Crippen molar-refractivity contribution in [2.24, 2.45) is 22.7 Å². The van der Waals surface area contributed by atoms with Crippen LogP contribution in [0.3, 0.4) is 0 Å². The van der Waals surface area contributed by atoms with Crippen molar-refractivity contribution >= 4 is 5.78 Å². The molecule has 1 N–H and O–H groups in total. The minimum Gasteiger partial charge on any atom is -0.381 e. The minimum atomic E-state index is -0.987. The summed E-state index contributed by atoms with van der Waals surface area (Å²) >= 11 is 0. The number of ketones is 1. The average molecular weight is 208 g/mol. The molecule has 15 heavy (non-hydrogen) atoms. The summed E-state index contributed by atoms with van der Waals surface area (Å²) in [5.41, 5.74) is -1.04. The summed E-state index contributed by atoms with van der Waals surface area (Å²) in [6.45, 7) is 6.62. The zero-order valence-electron chi connectivity index (χ0n) is 9.84. The van der Waals surface area contributed by atoms with Crippen LogP contribution in [0.4, 0.5) is 0 Å². The van der Waals surface area contributed by atoms with Crippen LogP contribution in [-0.2, 0) is 4.79 Å². The van der Waals surface area contributed by atoms with E-state index in [1.807, 2.05) is 0 Å². The molecule has 2 bridgehead atoms. The van der Waals surface area contributed by atoms with Crippen LogP contribution < -0.4 is 0 Å². The van der Waals surface area contributed by atoms with Crippen LogP contribution >= 0.6 is 0 Å². The molecule has 0 aromatic heterocycles. The molecule has 3 rings (SSSR count). The monoisotopic (exact) mass is 208 g/mol. The number of Topliss-reactive ketones (excluding diaryl/α,β-unsaturated/α-hetero) is 1. The summed E-state index contributed by atoms with van der Waals surface area (Å²) in [7, 11) is 0. The van der Waals surface area contributed by atoms with Gasteiger partial charge in [-0.1, -0.05) is 20.8 Å². The van der Waals surface area contributed by atoms with Crippen molar-refractivity contribution in [2.45, 2.75) is 52.1 Å². The van der Waals surface area contributed by atoms with Crippen molar-refractivity contribution in [3.05, 3.63) is 0 Å². The first-order valence-corrected chi connectivity index (χ1v) is 6.11. The maximum absolute atomic E-state index is 12.0. The number of carbonyl (C=O) groups is 1. The first-order chi connectivity index (χ1) is 6.86. The normalized spacial score (nSPS) is 56.1. The highest BCUT2D eigenvalue weighted by Gasteiger charge is 2.76. The second-order valence-electron chi connectivity index (χ2n) is 6.53. The van der Waals surface area contributed by atoms with E-state index in [1.165, 1.54) is 6.42 Å². The lowest BCUT2D eigenvalue weighted by molar-refractivity contribution is -0.155. The van der Waals surface area contributed by atoms with Crippen molar-refractivity contribution in [1.29, 1.82) is 0 Å². The summed E-state index contributed by atoms with van der Waals surface area (Å²) in [5, 5.41) is 10.8. The number of carbonyl (C=O) groups excluding carboxylic acids is 1. The number of hydrogen-bond acceptors (Lipinski definition) is 2. The molecule has 0 unspecified atom stereocenters. The Bertz CT molecular complexity index is 346. The first kappa shape index (κ1) is 9.83. The van der Waals surface area contributed by atoms with E-state index in [0.29, 0.717) is 12.3 Å². The number of hydrogen-bond donors (Lipinski definition) is 1. The largest absolute Gasteiger partial charge is 0.381 e. The van der Waals surface area contributed by atoms with Gasteiger partial charge in [0.05, 0.1) is 0 Å². The van der Waals surface area contributed by atoms with E-state index < -0.39 is 5.60 Å². The molecule has 0 aromatic rings. The molecular formula is C13H20O2. The van der Waals surface area contributed by atoms with E-state index in [1.54, 1.807) is 0 Å². The maximum Gasteiger partial charge on any atom is 0.165 e. The van der Waals surface area contributed by atoms with E-state index >= 15 is 0 Å². The lowest BCUT2D eigenvalue weighted by Crippen LogP contribution is -2.53. The molecule has 0 aromatic carbocycles. The Hall–Kier alpha value is -0.370. The van der Waals surface area contributed by atoms with Gasteiger partial charge in [-0.25, -0.2) is 0 Å². The molecule has 4 atom stereocenters. The Kier molecular flexibility index (Phi) is 1.52. The standard InChI is InChI=1S/C13H20O2/c1-11(2)8-6-7-12(11,3)13(15)9(8)4-5-10(13)14/h8-9,15H,4-7H2,1-3H3/t8-,9+,12-,13+/m1/s1. The van der Waals surface area contributed by atoms with E-state index in [4.69, 9.17) is 0 Å². The molecule has 2 nitrogen and oxygen atoms in total. The van der Waals surface area contributed by atoms with Gasteiger partial charge in [-0.3, -0.25) is 4.79 Å². The molecule has 0 spiro atoms. The van der Waals surface area contributed by atoms with E-state index in [-0.39, 0.29) is 22.5 Å². The van der Waals surface area contributed by atoms with E-state index in [0.717, 1.165) is 12.8 Å².